The fourth-order valence-electron chi connectivity index (χ4n) is 2.62. The molecule has 3 heteroatoms. The van der Waals surface area contributed by atoms with Gasteiger partial charge >= 0.3 is 0 Å². The van der Waals surface area contributed by atoms with Gasteiger partial charge < -0.3 is 14.8 Å². The van der Waals surface area contributed by atoms with Gasteiger partial charge in [0.1, 0.15) is 5.75 Å². The molecule has 1 fully saturated rings. The van der Waals surface area contributed by atoms with Gasteiger partial charge in [-0.2, -0.15) is 0 Å². The molecule has 1 aromatic carbocycles. The second-order valence-electron chi connectivity index (χ2n) is 5.48. The second kappa shape index (κ2) is 6.92. The summed E-state index contributed by atoms with van der Waals surface area (Å²) in [5, 5.41) is 3.70. The molecule has 1 saturated carbocycles. The molecule has 0 aromatic heterocycles. The molecule has 19 heavy (non-hydrogen) atoms. The van der Waals surface area contributed by atoms with Crippen LogP contribution in [0.2, 0.25) is 0 Å². The first kappa shape index (κ1) is 14.4. The van der Waals surface area contributed by atoms with E-state index in [1.807, 2.05) is 12.1 Å². The molecule has 0 spiro atoms. The summed E-state index contributed by atoms with van der Waals surface area (Å²) in [6, 6.07) is 9.16. The monoisotopic (exact) mass is 263 g/mol. The average Bonchev–Trinajstić information content (AvgIpc) is 3.23. The molecule has 1 aliphatic carbocycles. The molecule has 1 aliphatic rings. The maximum Gasteiger partial charge on any atom is 0.122 e. The molecule has 2 rings (SSSR count). The zero-order valence-corrected chi connectivity index (χ0v) is 12.2. The van der Waals surface area contributed by atoms with Crippen LogP contribution in [0.5, 0.6) is 5.75 Å². The molecule has 1 aromatic rings. The van der Waals surface area contributed by atoms with E-state index in [4.69, 9.17) is 9.47 Å². The molecule has 1 N–H and O–H groups in total. The van der Waals surface area contributed by atoms with Gasteiger partial charge in [-0.05, 0) is 43.7 Å². The summed E-state index contributed by atoms with van der Waals surface area (Å²) in [7, 11) is 3.51. The molecule has 0 amide bonds. The quantitative estimate of drug-likeness (QED) is 0.782. The highest BCUT2D eigenvalue weighted by Gasteiger charge is 2.31. The fourth-order valence-corrected chi connectivity index (χ4v) is 2.62. The lowest BCUT2D eigenvalue weighted by molar-refractivity contribution is 0.152. The third-order valence-electron chi connectivity index (χ3n) is 3.75. The zero-order valence-electron chi connectivity index (χ0n) is 12.2. The maximum absolute atomic E-state index is 5.41. The number of benzene rings is 1. The summed E-state index contributed by atoms with van der Waals surface area (Å²) < 4.78 is 10.7. The molecule has 0 saturated heterocycles. The molecular weight excluding hydrogens is 238 g/mol. The summed E-state index contributed by atoms with van der Waals surface area (Å²) in [6.45, 7) is 3.04. The number of rotatable bonds is 8. The zero-order chi connectivity index (χ0) is 13.7. The van der Waals surface area contributed by atoms with E-state index >= 15 is 0 Å². The van der Waals surface area contributed by atoms with Crippen LogP contribution in [-0.4, -0.2) is 32.9 Å². The normalized spacial score (nSPS) is 18.1. The van der Waals surface area contributed by atoms with Crippen LogP contribution < -0.4 is 10.1 Å². The largest absolute Gasteiger partial charge is 0.496 e. The van der Waals surface area contributed by atoms with E-state index in [-0.39, 0.29) is 0 Å². The molecule has 106 valence electrons. The smallest absolute Gasteiger partial charge is 0.122 e. The minimum absolute atomic E-state index is 0.428. The molecule has 3 nitrogen and oxygen atoms in total. The summed E-state index contributed by atoms with van der Waals surface area (Å²) in [6.07, 6.45) is 3.65. The minimum atomic E-state index is 0.428. The number of nitrogens with one attached hydrogen (secondary N) is 1. The first-order valence-electron chi connectivity index (χ1n) is 7.11. The van der Waals surface area contributed by atoms with Gasteiger partial charge in [-0.3, -0.25) is 0 Å². The van der Waals surface area contributed by atoms with Crippen molar-refractivity contribution in [1.82, 2.24) is 5.32 Å². The third-order valence-corrected chi connectivity index (χ3v) is 3.75. The number of hydrogen-bond donors (Lipinski definition) is 1. The lowest BCUT2D eigenvalue weighted by atomic mass is 10.0. The van der Waals surface area contributed by atoms with E-state index in [1.165, 1.54) is 18.4 Å². The van der Waals surface area contributed by atoms with Crippen LogP contribution in [-0.2, 0) is 11.2 Å². The Kier molecular flexibility index (Phi) is 5.23. The highest BCUT2D eigenvalue weighted by Crippen LogP contribution is 2.33. The van der Waals surface area contributed by atoms with Gasteiger partial charge in [-0.15, -0.1) is 0 Å². The summed E-state index contributed by atoms with van der Waals surface area (Å²) in [5.74, 6) is 1.78. The number of ether oxygens (including phenoxy) is 2. The van der Waals surface area contributed by atoms with Gasteiger partial charge in [0.05, 0.1) is 13.7 Å². The Labute approximate surface area is 116 Å². The molecule has 0 bridgehead atoms. The molecule has 0 aliphatic heterocycles. The van der Waals surface area contributed by atoms with E-state index in [2.05, 4.69) is 24.4 Å². The van der Waals surface area contributed by atoms with E-state index < -0.39 is 0 Å². The van der Waals surface area contributed by atoms with Crippen LogP contribution >= 0.6 is 0 Å². The maximum atomic E-state index is 5.41. The second-order valence-corrected chi connectivity index (χ2v) is 5.48. The Morgan fingerprint density at radius 3 is 2.63 bits per heavy atom. The standard InChI is InChI=1S/C16H25NO2/c1-12(17-15(11-18-2)13-8-9-13)10-14-6-4-5-7-16(14)19-3/h4-7,12-13,15,17H,8-11H2,1-3H3. The van der Waals surface area contributed by atoms with Crippen molar-refractivity contribution in [2.45, 2.75) is 38.3 Å². The predicted octanol–water partition coefficient (Wildman–Crippen LogP) is 2.64. The summed E-state index contributed by atoms with van der Waals surface area (Å²) in [5.41, 5.74) is 1.26. The number of methoxy groups -OCH3 is 2. The van der Waals surface area contributed by atoms with Crippen molar-refractivity contribution in [3.05, 3.63) is 29.8 Å². The minimum Gasteiger partial charge on any atom is -0.496 e. The van der Waals surface area contributed by atoms with Crippen molar-refractivity contribution in [1.29, 1.82) is 0 Å². The lowest BCUT2D eigenvalue weighted by Gasteiger charge is -2.23. The van der Waals surface area contributed by atoms with Gasteiger partial charge in [0.15, 0.2) is 0 Å². The van der Waals surface area contributed by atoms with E-state index in [1.54, 1.807) is 14.2 Å². The van der Waals surface area contributed by atoms with Crippen LogP contribution in [0.15, 0.2) is 24.3 Å². The van der Waals surface area contributed by atoms with Crippen molar-refractivity contribution in [3.63, 3.8) is 0 Å². The Balaban J connectivity index is 1.90. The summed E-state index contributed by atoms with van der Waals surface area (Å²) >= 11 is 0. The first-order chi connectivity index (χ1) is 9.24. The number of hydrogen-bond acceptors (Lipinski definition) is 3. The highest BCUT2D eigenvalue weighted by molar-refractivity contribution is 5.33. The predicted molar refractivity (Wildman–Crippen MR) is 77.7 cm³/mol. The van der Waals surface area contributed by atoms with Gasteiger partial charge in [-0.25, -0.2) is 0 Å². The van der Waals surface area contributed by atoms with E-state index in [0.29, 0.717) is 12.1 Å². The number of para-hydroxylation sites is 1. The molecule has 0 radical (unpaired) electrons. The van der Waals surface area contributed by atoms with Crippen LogP contribution in [0, 0.1) is 5.92 Å². The first-order valence-corrected chi connectivity index (χ1v) is 7.11. The van der Waals surface area contributed by atoms with Gasteiger partial charge in [0, 0.05) is 19.2 Å². The molecule has 2 atom stereocenters. The Morgan fingerprint density at radius 1 is 1.26 bits per heavy atom. The Morgan fingerprint density at radius 2 is 2.00 bits per heavy atom. The van der Waals surface area contributed by atoms with Gasteiger partial charge in [-0.1, -0.05) is 18.2 Å². The Hall–Kier alpha value is -1.06. The van der Waals surface area contributed by atoms with Crippen molar-refractivity contribution in [3.8, 4) is 5.75 Å². The van der Waals surface area contributed by atoms with E-state index in [9.17, 15) is 0 Å². The topological polar surface area (TPSA) is 30.5 Å². The summed E-state index contributed by atoms with van der Waals surface area (Å²) in [4.78, 5) is 0. The lowest BCUT2D eigenvalue weighted by Crippen LogP contribution is -2.42. The van der Waals surface area contributed by atoms with Crippen molar-refractivity contribution in [2.24, 2.45) is 5.92 Å². The van der Waals surface area contributed by atoms with Gasteiger partial charge in [0.25, 0.3) is 0 Å². The van der Waals surface area contributed by atoms with Crippen molar-refractivity contribution >= 4 is 0 Å². The van der Waals surface area contributed by atoms with Crippen molar-refractivity contribution < 1.29 is 9.47 Å². The van der Waals surface area contributed by atoms with Crippen molar-refractivity contribution in [2.75, 3.05) is 20.8 Å². The fraction of sp³-hybridized carbons (Fsp3) is 0.625. The van der Waals surface area contributed by atoms with E-state index in [0.717, 1.165) is 24.7 Å². The van der Waals surface area contributed by atoms with Crippen LogP contribution in [0.3, 0.4) is 0 Å². The van der Waals surface area contributed by atoms with Gasteiger partial charge in [0.2, 0.25) is 0 Å². The van der Waals surface area contributed by atoms with Crippen LogP contribution in [0.1, 0.15) is 25.3 Å². The van der Waals surface area contributed by atoms with Crippen LogP contribution in [0.4, 0.5) is 0 Å². The molecule has 2 unspecified atom stereocenters. The molecular formula is C16H25NO2. The third kappa shape index (κ3) is 4.22. The Bertz CT molecular complexity index is 390. The SMILES string of the molecule is COCC(NC(C)Cc1ccccc1OC)C1CC1. The highest BCUT2D eigenvalue weighted by atomic mass is 16.5. The van der Waals surface area contributed by atoms with Crippen LogP contribution in [0.25, 0.3) is 0 Å². The molecule has 0 heterocycles. The average molecular weight is 263 g/mol.